The number of benzene rings is 1. The third kappa shape index (κ3) is 1.81. The van der Waals surface area contributed by atoms with Gasteiger partial charge in [-0.25, -0.2) is 8.42 Å². The molecule has 0 unspecified atom stereocenters. The van der Waals surface area contributed by atoms with Crippen LogP contribution < -0.4 is 0 Å². The van der Waals surface area contributed by atoms with E-state index in [4.69, 9.17) is 0 Å². The summed E-state index contributed by atoms with van der Waals surface area (Å²) in [5.74, 6) is 0.142. The molecule has 0 spiro atoms. The van der Waals surface area contributed by atoms with E-state index < -0.39 is 10.7 Å². The summed E-state index contributed by atoms with van der Waals surface area (Å²) in [4.78, 5) is 1.91. The van der Waals surface area contributed by atoms with Crippen LogP contribution in [-0.2, 0) is 23.8 Å². The summed E-state index contributed by atoms with van der Waals surface area (Å²) in [6.45, 7) is 5.36. The largest absolute Gasteiger partial charge is 0.281 e. The van der Waals surface area contributed by atoms with E-state index in [2.05, 4.69) is 6.92 Å². The van der Waals surface area contributed by atoms with Crippen LogP contribution >= 0.6 is 0 Å². The molecule has 1 aliphatic rings. The van der Waals surface area contributed by atoms with Gasteiger partial charge in [-0.2, -0.15) is 0 Å². The van der Waals surface area contributed by atoms with E-state index in [0.29, 0.717) is 6.54 Å². The number of nitrogens with zero attached hydrogens (tertiary/aromatic N) is 1. The Kier molecular flexibility index (Phi) is 2.56. The van der Waals surface area contributed by atoms with Crippen LogP contribution in [0.3, 0.4) is 0 Å². The fourth-order valence-electron chi connectivity index (χ4n) is 1.82. The Morgan fingerprint density at radius 2 is 2.14 bits per heavy atom. The number of hydrogen-bond acceptors (Lipinski definition) is 3. The van der Waals surface area contributed by atoms with Gasteiger partial charge in [0.15, 0.2) is 10.7 Å². The third-order valence-electron chi connectivity index (χ3n) is 2.46. The highest BCUT2D eigenvalue weighted by Crippen LogP contribution is 2.24. The topological polar surface area (TPSA) is 37.4 Å². The Morgan fingerprint density at radius 3 is 2.79 bits per heavy atom. The molecule has 0 saturated heterocycles. The molecule has 0 N–H and O–H groups in total. The summed E-state index contributed by atoms with van der Waals surface area (Å²) in [5.41, 5.74) is 3.39. The summed E-state index contributed by atoms with van der Waals surface area (Å²) < 4.78 is 21.1. The van der Waals surface area contributed by atoms with Crippen LogP contribution in [0.5, 0.6) is 0 Å². The molecule has 1 aliphatic heterocycles. The van der Waals surface area contributed by atoms with E-state index in [1.54, 1.807) is 0 Å². The molecular formula is C10H12NO2S. The van der Waals surface area contributed by atoms with Gasteiger partial charge in [-0.3, -0.25) is 4.90 Å². The molecule has 0 saturated carbocycles. The molecule has 1 aromatic rings. The van der Waals surface area contributed by atoms with Crippen molar-refractivity contribution in [3.63, 3.8) is 0 Å². The minimum atomic E-state index is -2.32. The SMILES string of the molecule is [CH2]c1cccc2c1CN(C[SH](=O)=O)C2. The van der Waals surface area contributed by atoms with Gasteiger partial charge in [-0.05, 0) is 23.6 Å². The Labute approximate surface area is 85.3 Å². The maximum absolute atomic E-state index is 10.6. The molecule has 2 rings (SSSR count). The van der Waals surface area contributed by atoms with E-state index in [1.165, 1.54) is 11.1 Å². The van der Waals surface area contributed by atoms with E-state index >= 15 is 0 Å². The maximum atomic E-state index is 10.6. The summed E-state index contributed by atoms with van der Waals surface area (Å²) in [6, 6.07) is 5.95. The van der Waals surface area contributed by atoms with E-state index in [9.17, 15) is 8.42 Å². The summed E-state index contributed by atoms with van der Waals surface area (Å²) in [7, 11) is -2.32. The van der Waals surface area contributed by atoms with Crippen LogP contribution in [0.2, 0.25) is 0 Å². The lowest BCUT2D eigenvalue weighted by Gasteiger charge is -2.09. The average molecular weight is 210 g/mol. The van der Waals surface area contributed by atoms with Gasteiger partial charge in [0, 0.05) is 13.1 Å². The van der Waals surface area contributed by atoms with Crippen molar-refractivity contribution in [2.24, 2.45) is 0 Å². The summed E-state index contributed by atoms with van der Waals surface area (Å²) >= 11 is 0. The van der Waals surface area contributed by atoms with Crippen molar-refractivity contribution in [1.29, 1.82) is 0 Å². The molecule has 0 bridgehead atoms. The standard InChI is InChI=1S/C10H12NO2S/c1-8-3-2-4-9-5-11(6-10(8)9)7-14(12)13/h2-4,14H,1,5-7H2. The second-order valence-corrected chi connectivity index (χ2v) is 4.46. The van der Waals surface area contributed by atoms with Crippen molar-refractivity contribution in [2.45, 2.75) is 13.1 Å². The summed E-state index contributed by atoms with van der Waals surface area (Å²) in [6.07, 6.45) is 0. The van der Waals surface area contributed by atoms with Crippen LogP contribution in [0.15, 0.2) is 18.2 Å². The lowest BCUT2D eigenvalue weighted by molar-refractivity contribution is 0.331. The maximum Gasteiger partial charge on any atom is 0.153 e. The van der Waals surface area contributed by atoms with E-state index in [1.807, 2.05) is 23.1 Å². The van der Waals surface area contributed by atoms with Crippen LogP contribution in [0, 0.1) is 6.92 Å². The number of hydrogen-bond donors (Lipinski definition) is 1. The zero-order chi connectivity index (χ0) is 10.1. The first-order chi connectivity index (χ1) is 6.66. The lowest BCUT2D eigenvalue weighted by atomic mass is 10.1. The first-order valence-corrected chi connectivity index (χ1v) is 5.80. The van der Waals surface area contributed by atoms with Crippen LogP contribution in [0.1, 0.15) is 16.7 Å². The van der Waals surface area contributed by atoms with Crippen molar-refractivity contribution < 1.29 is 8.42 Å². The number of fused-ring (bicyclic) bond motifs is 1. The second-order valence-electron chi connectivity index (χ2n) is 3.52. The predicted octanol–water partition coefficient (Wildman–Crippen LogP) is 0.753. The minimum absolute atomic E-state index is 0.142. The Hall–Kier alpha value is -0.870. The van der Waals surface area contributed by atoms with Gasteiger partial charge in [-0.1, -0.05) is 18.2 Å². The van der Waals surface area contributed by atoms with Crippen molar-refractivity contribution >= 4 is 10.7 Å². The Bertz CT molecular complexity index is 418. The predicted molar refractivity (Wildman–Crippen MR) is 55.3 cm³/mol. The average Bonchev–Trinajstić information content (AvgIpc) is 2.47. The molecule has 4 heteroatoms. The molecule has 0 aromatic heterocycles. The third-order valence-corrected chi connectivity index (χ3v) is 3.09. The molecule has 0 atom stereocenters. The molecule has 0 amide bonds. The smallest absolute Gasteiger partial charge is 0.153 e. The number of thiol groups is 1. The lowest BCUT2D eigenvalue weighted by Crippen LogP contribution is -2.18. The van der Waals surface area contributed by atoms with E-state index in [-0.39, 0.29) is 5.88 Å². The highest BCUT2D eigenvalue weighted by molar-refractivity contribution is 7.72. The van der Waals surface area contributed by atoms with Gasteiger partial charge in [0.25, 0.3) is 0 Å². The van der Waals surface area contributed by atoms with Crippen molar-refractivity contribution in [3.8, 4) is 0 Å². The van der Waals surface area contributed by atoms with Gasteiger partial charge >= 0.3 is 0 Å². The molecule has 1 radical (unpaired) electrons. The fraction of sp³-hybridized carbons (Fsp3) is 0.300. The second kappa shape index (κ2) is 3.71. The molecule has 1 heterocycles. The molecule has 75 valence electrons. The number of rotatable bonds is 2. The molecule has 3 nitrogen and oxygen atoms in total. The van der Waals surface area contributed by atoms with Crippen LogP contribution in [0.4, 0.5) is 0 Å². The normalized spacial score (nSPS) is 16.1. The van der Waals surface area contributed by atoms with Crippen molar-refractivity contribution in [1.82, 2.24) is 4.90 Å². The van der Waals surface area contributed by atoms with Gasteiger partial charge < -0.3 is 0 Å². The molecule has 0 aliphatic carbocycles. The monoisotopic (exact) mass is 210 g/mol. The molecular weight excluding hydrogens is 198 g/mol. The molecule has 0 fully saturated rings. The quantitative estimate of drug-likeness (QED) is 0.732. The minimum Gasteiger partial charge on any atom is -0.281 e. The van der Waals surface area contributed by atoms with Gasteiger partial charge in [0.05, 0.1) is 5.88 Å². The molecule has 1 aromatic carbocycles. The highest BCUT2D eigenvalue weighted by atomic mass is 32.2. The fourth-order valence-corrected chi connectivity index (χ4v) is 2.35. The first-order valence-electron chi connectivity index (χ1n) is 4.43. The van der Waals surface area contributed by atoms with Crippen LogP contribution in [-0.4, -0.2) is 19.2 Å². The zero-order valence-corrected chi connectivity index (χ0v) is 8.67. The zero-order valence-electron chi connectivity index (χ0n) is 7.77. The van der Waals surface area contributed by atoms with Gasteiger partial charge in [-0.15, -0.1) is 0 Å². The van der Waals surface area contributed by atoms with Crippen molar-refractivity contribution in [3.05, 3.63) is 41.8 Å². The Morgan fingerprint density at radius 1 is 1.36 bits per heavy atom. The first kappa shape index (κ1) is 9.68. The van der Waals surface area contributed by atoms with Gasteiger partial charge in [0.1, 0.15) is 0 Å². The van der Waals surface area contributed by atoms with Crippen LogP contribution in [0.25, 0.3) is 0 Å². The van der Waals surface area contributed by atoms with Crippen molar-refractivity contribution in [2.75, 3.05) is 5.88 Å². The molecule has 14 heavy (non-hydrogen) atoms. The van der Waals surface area contributed by atoms with Gasteiger partial charge in [0.2, 0.25) is 0 Å². The Balaban J connectivity index is 2.21. The summed E-state index contributed by atoms with van der Waals surface area (Å²) in [5, 5.41) is 0. The van der Waals surface area contributed by atoms with E-state index in [0.717, 1.165) is 12.1 Å². The highest BCUT2D eigenvalue weighted by Gasteiger charge is 2.19.